The SMILES string of the molecule is CCOc1cc(-c2n[nH]c3c2N2CCC3CC2)cc(Cl)c1O. The molecule has 2 N–H and O–H groups in total. The van der Waals surface area contributed by atoms with Crippen LogP contribution in [0.5, 0.6) is 11.5 Å². The third kappa shape index (κ3) is 1.96. The molecule has 1 saturated heterocycles. The van der Waals surface area contributed by atoms with E-state index in [0.717, 1.165) is 24.3 Å². The van der Waals surface area contributed by atoms with E-state index in [4.69, 9.17) is 16.3 Å². The average Bonchev–Trinajstić information content (AvgIpc) is 3.00. The highest BCUT2D eigenvalue weighted by Gasteiger charge is 2.35. The molecule has 22 heavy (non-hydrogen) atoms. The number of aromatic amines is 1. The number of hydrogen-bond donors (Lipinski definition) is 2. The summed E-state index contributed by atoms with van der Waals surface area (Å²) in [5, 5.41) is 18.0. The van der Waals surface area contributed by atoms with Gasteiger partial charge in [-0.15, -0.1) is 0 Å². The number of fused-ring (bicyclic) bond motifs is 2. The Balaban J connectivity index is 1.84. The topological polar surface area (TPSA) is 61.4 Å². The number of phenolic OH excluding ortho intramolecular Hbond substituents is 1. The summed E-state index contributed by atoms with van der Waals surface area (Å²) >= 11 is 6.15. The minimum atomic E-state index is -0.0153. The zero-order chi connectivity index (χ0) is 15.3. The molecule has 6 heteroatoms. The number of halogens is 1. The van der Waals surface area contributed by atoms with Gasteiger partial charge in [0.15, 0.2) is 11.5 Å². The third-order valence-electron chi connectivity index (χ3n) is 4.59. The zero-order valence-electron chi connectivity index (χ0n) is 12.4. The lowest BCUT2D eigenvalue weighted by molar-refractivity contribution is 0.318. The minimum absolute atomic E-state index is 0.0153. The van der Waals surface area contributed by atoms with E-state index in [2.05, 4.69) is 15.1 Å². The van der Waals surface area contributed by atoms with Crippen molar-refractivity contribution in [1.82, 2.24) is 10.2 Å². The molecule has 1 aromatic carbocycles. The van der Waals surface area contributed by atoms with Crippen molar-refractivity contribution in [3.05, 3.63) is 22.8 Å². The molecule has 0 spiro atoms. The number of nitrogens with zero attached hydrogens (tertiary/aromatic N) is 2. The fourth-order valence-corrected chi connectivity index (χ4v) is 3.73. The number of hydrogen-bond acceptors (Lipinski definition) is 4. The summed E-state index contributed by atoms with van der Waals surface area (Å²) < 4.78 is 5.48. The number of nitrogens with one attached hydrogen (secondary N) is 1. The molecular formula is C16H18ClN3O2. The maximum Gasteiger partial charge on any atom is 0.176 e. The molecule has 0 saturated carbocycles. The van der Waals surface area contributed by atoms with Crippen LogP contribution in [0.3, 0.4) is 0 Å². The van der Waals surface area contributed by atoms with E-state index >= 15 is 0 Å². The van der Waals surface area contributed by atoms with Gasteiger partial charge in [0.1, 0.15) is 5.69 Å². The number of ether oxygens (including phenoxy) is 1. The molecule has 3 aliphatic rings. The van der Waals surface area contributed by atoms with Gasteiger partial charge in [-0.2, -0.15) is 5.10 Å². The van der Waals surface area contributed by atoms with Gasteiger partial charge in [-0.3, -0.25) is 5.10 Å². The molecule has 0 unspecified atom stereocenters. The van der Waals surface area contributed by atoms with Crippen molar-refractivity contribution >= 4 is 17.3 Å². The van der Waals surface area contributed by atoms with E-state index in [-0.39, 0.29) is 10.8 Å². The second-order valence-corrected chi connectivity index (χ2v) is 6.24. The summed E-state index contributed by atoms with van der Waals surface area (Å²) in [5.41, 5.74) is 4.18. The highest BCUT2D eigenvalue weighted by atomic mass is 35.5. The number of anilines is 1. The molecule has 3 aliphatic heterocycles. The van der Waals surface area contributed by atoms with Gasteiger partial charge >= 0.3 is 0 Å². The van der Waals surface area contributed by atoms with E-state index in [0.29, 0.717) is 18.3 Å². The first-order valence-corrected chi connectivity index (χ1v) is 8.05. The van der Waals surface area contributed by atoms with Gasteiger partial charge in [-0.05, 0) is 31.9 Å². The number of aromatic hydroxyl groups is 1. The summed E-state index contributed by atoms with van der Waals surface area (Å²) in [7, 11) is 0. The van der Waals surface area contributed by atoms with E-state index in [1.807, 2.05) is 13.0 Å². The Morgan fingerprint density at radius 2 is 2.18 bits per heavy atom. The van der Waals surface area contributed by atoms with Crippen LogP contribution in [0.1, 0.15) is 31.4 Å². The Bertz CT molecular complexity index is 720. The van der Waals surface area contributed by atoms with E-state index in [1.165, 1.54) is 24.2 Å². The molecule has 0 amide bonds. The van der Waals surface area contributed by atoms with Gasteiger partial charge < -0.3 is 14.7 Å². The molecule has 1 aromatic heterocycles. The highest BCUT2D eigenvalue weighted by Crippen LogP contribution is 2.47. The summed E-state index contributed by atoms with van der Waals surface area (Å²) in [6.07, 6.45) is 2.38. The number of phenols is 1. The van der Waals surface area contributed by atoms with Crippen molar-refractivity contribution in [2.75, 3.05) is 24.6 Å². The first kappa shape index (κ1) is 13.8. The van der Waals surface area contributed by atoms with Crippen molar-refractivity contribution in [3.63, 3.8) is 0 Å². The quantitative estimate of drug-likeness (QED) is 0.908. The van der Waals surface area contributed by atoms with Crippen LogP contribution in [0.2, 0.25) is 5.02 Å². The fraction of sp³-hybridized carbons (Fsp3) is 0.438. The Morgan fingerprint density at radius 1 is 1.41 bits per heavy atom. The molecule has 2 bridgehead atoms. The molecule has 0 radical (unpaired) electrons. The van der Waals surface area contributed by atoms with E-state index < -0.39 is 0 Å². The fourth-order valence-electron chi connectivity index (χ4n) is 3.52. The number of benzene rings is 1. The molecule has 5 nitrogen and oxygen atoms in total. The lowest BCUT2D eigenvalue weighted by atomic mass is 9.86. The summed E-state index contributed by atoms with van der Waals surface area (Å²) in [6, 6.07) is 3.56. The Labute approximate surface area is 133 Å². The molecule has 4 heterocycles. The second-order valence-electron chi connectivity index (χ2n) is 5.83. The van der Waals surface area contributed by atoms with Crippen LogP contribution in [-0.4, -0.2) is 35.0 Å². The first-order valence-electron chi connectivity index (χ1n) is 7.68. The van der Waals surface area contributed by atoms with E-state index in [1.54, 1.807) is 6.07 Å². The molecule has 1 fully saturated rings. The van der Waals surface area contributed by atoms with Crippen molar-refractivity contribution in [2.45, 2.75) is 25.7 Å². The van der Waals surface area contributed by atoms with Gasteiger partial charge in [0.2, 0.25) is 0 Å². The minimum Gasteiger partial charge on any atom is -0.503 e. The number of rotatable bonds is 3. The lowest BCUT2D eigenvalue weighted by Gasteiger charge is -2.40. The molecule has 0 atom stereocenters. The molecule has 5 rings (SSSR count). The second kappa shape index (κ2) is 5.09. The first-order chi connectivity index (χ1) is 10.7. The summed E-state index contributed by atoms with van der Waals surface area (Å²) in [5.74, 6) is 0.969. The van der Waals surface area contributed by atoms with E-state index in [9.17, 15) is 5.11 Å². The van der Waals surface area contributed by atoms with Crippen LogP contribution >= 0.6 is 11.6 Å². The molecule has 116 valence electrons. The van der Waals surface area contributed by atoms with Crippen LogP contribution in [0, 0.1) is 0 Å². The van der Waals surface area contributed by atoms with Gasteiger partial charge in [0.25, 0.3) is 0 Å². The lowest BCUT2D eigenvalue weighted by Crippen LogP contribution is -2.38. The maximum atomic E-state index is 10.00. The monoisotopic (exact) mass is 319 g/mol. The highest BCUT2D eigenvalue weighted by molar-refractivity contribution is 6.32. The smallest absolute Gasteiger partial charge is 0.176 e. The molecular weight excluding hydrogens is 302 g/mol. The Morgan fingerprint density at radius 3 is 2.91 bits per heavy atom. The van der Waals surface area contributed by atoms with Gasteiger partial charge in [-0.25, -0.2) is 0 Å². The van der Waals surface area contributed by atoms with Crippen LogP contribution in [-0.2, 0) is 0 Å². The Hall–Kier alpha value is -1.88. The van der Waals surface area contributed by atoms with Crippen LogP contribution in [0.25, 0.3) is 11.3 Å². The number of piperidine rings is 1. The van der Waals surface area contributed by atoms with Crippen LogP contribution in [0.4, 0.5) is 5.69 Å². The summed E-state index contributed by atoms with van der Waals surface area (Å²) in [4.78, 5) is 2.38. The zero-order valence-corrected chi connectivity index (χ0v) is 13.2. The third-order valence-corrected chi connectivity index (χ3v) is 4.88. The molecule has 2 aromatic rings. The van der Waals surface area contributed by atoms with Gasteiger partial charge in [0.05, 0.1) is 23.0 Å². The van der Waals surface area contributed by atoms with Gasteiger partial charge in [0, 0.05) is 24.6 Å². The molecule has 0 aliphatic carbocycles. The summed E-state index contributed by atoms with van der Waals surface area (Å²) in [6.45, 7) is 4.50. The number of aromatic nitrogens is 2. The maximum absolute atomic E-state index is 10.00. The van der Waals surface area contributed by atoms with Crippen LogP contribution in [0.15, 0.2) is 12.1 Å². The predicted octanol–water partition coefficient (Wildman–Crippen LogP) is 3.53. The van der Waals surface area contributed by atoms with Crippen molar-refractivity contribution < 1.29 is 9.84 Å². The van der Waals surface area contributed by atoms with Crippen molar-refractivity contribution in [1.29, 1.82) is 0 Å². The van der Waals surface area contributed by atoms with Crippen LogP contribution < -0.4 is 9.64 Å². The Kier molecular flexibility index (Phi) is 3.18. The normalized spacial score (nSPS) is 16.9. The predicted molar refractivity (Wildman–Crippen MR) is 86.1 cm³/mol. The van der Waals surface area contributed by atoms with Crippen molar-refractivity contribution in [2.24, 2.45) is 0 Å². The van der Waals surface area contributed by atoms with Crippen molar-refractivity contribution in [3.8, 4) is 22.8 Å². The average molecular weight is 320 g/mol. The largest absolute Gasteiger partial charge is 0.503 e. The standard InChI is InChI=1S/C16H18ClN3O2/c1-2-22-12-8-10(7-11(17)16(12)21)14-15-13(18-19-14)9-3-5-20(15)6-4-9/h7-9,21H,2-6H2,1H3,(H,18,19). The number of H-pyrrole nitrogens is 1. The van der Waals surface area contributed by atoms with Gasteiger partial charge in [-0.1, -0.05) is 11.6 Å².